The molecule has 0 aromatic heterocycles. The molecule has 142 valence electrons. The second kappa shape index (κ2) is 7.99. The van der Waals surface area contributed by atoms with Crippen LogP contribution in [0.1, 0.15) is 44.6 Å². The second-order valence-corrected chi connectivity index (χ2v) is 8.41. The lowest BCUT2D eigenvalue weighted by Crippen LogP contribution is -2.40. The molecule has 0 spiro atoms. The third-order valence-corrected chi connectivity index (χ3v) is 6.26. The van der Waals surface area contributed by atoms with Gasteiger partial charge < -0.3 is 15.0 Å². The number of guanidine groups is 1. The van der Waals surface area contributed by atoms with Crippen LogP contribution >= 0.6 is 0 Å². The maximum absolute atomic E-state index is 5.97. The van der Waals surface area contributed by atoms with Crippen LogP contribution in [0.4, 0.5) is 0 Å². The van der Waals surface area contributed by atoms with Crippen LogP contribution in [-0.4, -0.2) is 43.6 Å². The first-order chi connectivity index (χ1) is 12.8. The molecule has 2 saturated carbocycles. The number of likely N-dealkylation sites (tertiary alicyclic amines) is 1. The van der Waals surface area contributed by atoms with Gasteiger partial charge in [-0.3, -0.25) is 4.99 Å². The first-order valence-electron chi connectivity index (χ1n) is 10.4. The molecule has 2 aliphatic carbocycles. The molecule has 0 amide bonds. The number of nitrogens with one attached hydrogen (secondary N) is 1. The number of aliphatic imine (C=N–C) groups is 1. The van der Waals surface area contributed by atoms with Crippen LogP contribution in [0.15, 0.2) is 35.3 Å². The molecule has 1 aliphatic heterocycles. The third kappa shape index (κ3) is 4.40. The lowest BCUT2D eigenvalue weighted by molar-refractivity contribution is 0.0906. The van der Waals surface area contributed by atoms with E-state index in [1.807, 2.05) is 0 Å². The highest BCUT2D eigenvalue weighted by Gasteiger charge is 2.53. The van der Waals surface area contributed by atoms with E-state index in [9.17, 15) is 0 Å². The molecule has 26 heavy (non-hydrogen) atoms. The van der Waals surface area contributed by atoms with Gasteiger partial charge in [0.05, 0.1) is 13.2 Å². The standard InChI is InChI=1S/C22H33N3O/c1-2-23-21(24-17-22(11-12-22)20-8-9-20)25-13-10-19(14-25)16-26-15-18-6-4-3-5-7-18/h3-7,19-20H,2,8-17H2,1H3,(H,23,24). The van der Waals surface area contributed by atoms with E-state index < -0.39 is 0 Å². The Labute approximate surface area is 158 Å². The maximum Gasteiger partial charge on any atom is 0.193 e. The van der Waals surface area contributed by atoms with Gasteiger partial charge >= 0.3 is 0 Å². The highest BCUT2D eigenvalue weighted by Crippen LogP contribution is 2.61. The minimum Gasteiger partial charge on any atom is -0.376 e. The third-order valence-electron chi connectivity index (χ3n) is 6.26. The van der Waals surface area contributed by atoms with E-state index in [-0.39, 0.29) is 0 Å². The van der Waals surface area contributed by atoms with Crippen molar-refractivity contribution in [2.24, 2.45) is 22.2 Å². The summed E-state index contributed by atoms with van der Waals surface area (Å²) in [7, 11) is 0. The fraction of sp³-hybridized carbons (Fsp3) is 0.682. The molecule has 1 aromatic carbocycles. The van der Waals surface area contributed by atoms with Gasteiger partial charge in [0.15, 0.2) is 5.96 Å². The Morgan fingerprint density at radius 2 is 2.04 bits per heavy atom. The van der Waals surface area contributed by atoms with Crippen LogP contribution in [0.25, 0.3) is 0 Å². The van der Waals surface area contributed by atoms with E-state index in [4.69, 9.17) is 9.73 Å². The van der Waals surface area contributed by atoms with Crippen LogP contribution in [0.3, 0.4) is 0 Å². The maximum atomic E-state index is 5.97. The molecule has 4 heteroatoms. The minimum atomic E-state index is 0.582. The Bertz CT molecular complexity index is 607. The van der Waals surface area contributed by atoms with Gasteiger partial charge in [-0.1, -0.05) is 30.3 Å². The fourth-order valence-corrected chi connectivity index (χ4v) is 4.29. The molecule has 0 radical (unpaired) electrons. The Morgan fingerprint density at radius 1 is 1.23 bits per heavy atom. The van der Waals surface area contributed by atoms with Gasteiger partial charge in [-0.25, -0.2) is 0 Å². The quantitative estimate of drug-likeness (QED) is 0.571. The summed E-state index contributed by atoms with van der Waals surface area (Å²) in [5.41, 5.74) is 1.84. The zero-order valence-electron chi connectivity index (χ0n) is 16.1. The summed E-state index contributed by atoms with van der Waals surface area (Å²) >= 11 is 0. The fourth-order valence-electron chi connectivity index (χ4n) is 4.29. The average molecular weight is 356 g/mol. The van der Waals surface area contributed by atoms with Gasteiger partial charge in [0, 0.05) is 32.1 Å². The molecule has 4 rings (SSSR count). The minimum absolute atomic E-state index is 0.582. The zero-order chi connectivity index (χ0) is 17.8. The summed E-state index contributed by atoms with van der Waals surface area (Å²) in [5.74, 6) is 2.72. The van der Waals surface area contributed by atoms with Gasteiger partial charge in [-0.05, 0) is 55.9 Å². The summed E-state index contributed by atoms with van der Waals surface area (Å²) in [5, 5.41) is 3.52. The van der Waals surface area contributed by atoms with E-state index in [1.165, 1.54) is 37.7 Å². The Balaban J connectivity index is 1.25. The van der Waals surface area contributed by atoms with Crippen molar-refractivity contribution < 1.29 is 4.74 Å². The molecule has 1 aromatic rings. The molecule has 1 heterocycles. The van der Waals surface area contributed by atoms with Crippen molar-refractivity contribution in [3.63, 3.8) is 0 Å². The van der Waals surface area contributed by atoms with Crippen molar-refractivity contribution in [1.29, 1.82) is 0 Å². The molecule has 4 nitrogen and oxygen atoms in total. The number of hydrogen-bond acceptors (Lipinski definition) is 2. The molecule has 1 N–H and O–H groups in total. The Kier molecular flexibility index (Phi) is 5.49. The van der Waals surface area contributed by atoms with Crippen molar-refractivity contribution in [3.05, 3.63) is 35.9 Å². The van der Waals surface area contributed by atoms with E-state index in [1.54, 1.807) is 0 Å². The van der Waals surface area contributed by atoms with E-state index >= 15 is 0 Å². The number of benzene rings is 1. The molecule has 1 saturated heterocycles. The smallest absolute Gasteiger partial charge is 0.193 e. The molecule has 1 unspecified atom stereocenters. The van der Waals surface area contributed by atoms with Crippen LogP contribution < -0.4 is 5.32 Å². The van der Waals surface area contributed by atoms with Crippen molar-refractivity contribution in [2.45, 2.75) is 45.6 Å². The molecular formula is C22H33N3O. The molecule has 1 atom stereocenters. The van der Waals surface area contributed by atoms with Crippen molar-refractivity contribution in [2.75, 3.05) is 32.8 Å². The lowest BCUT2D eigenvalue weighted by Gasteiger charge is -2.23. The molecular weight excluding hydrogens is 322 g/mol. The predicted octanol–water partition coefficient (Wildman–Crippen LogP) is 3.68. The topological polar surface area (TPSA) is 36.9 Å². The number of ether oxygens (including phenoxy) is 1. The lowest BCUT2D eigenvalue weighted by atomic mass is 10.0. The van der Waals surface area contributed by atoms with Gasteiger partial charge in [0.1, 0.15) is 0 Å². The summed E-state index contributed by atoms with van der Waals surface area (Å²) in [6.45, 7) is 7.87. The number of hydrogen-bond donors (Lipinski definition) is 1. The summed E-state index contributed by atoms with van der Waals surface area (Å²) in [4.78, 5) is 7.49. The Morgan fingerprint density at radius 3 is 2.73 bits per heavy atom. The zero-order valence-corrected chi connectivity index (χ0v) is 16.1. The van der Waals surface area contributed by atoms with Crippen molar-refractivity contribution in [3.8, 4) is 0 Å². The molecule has 0 bridgehead atoms. The molecule has 3 fully saturated rings. The van der Waals surface area contributed by atoms with Crippen LogP contribution in [0, 0.1) is 17.3 Å². The summed E-state index contributed by atoms with van der Waals surface area (Å²) in [6, 6.07) is 10.5. The number of rotatable bonds is 8. The summed E-state index contributed by atoms with van der Waals surface area (Å²) in [6.07, 6.45) is 6.88. The van der Waals surface area contributed by atoms with Gasteiger partial charge in [0.25, 0.3) is 0 Å². The van der Waals surface area contributed by atoms with Crippen LogP contribution in [0.5, 0.6) is 0 Å². The van der Waals surface area contributed by atoms with E-state index in [0.29, 0.717) is 11.3 Å². The van der Waals surface area contributed by atoms with Crippen molar-refractivity contribution in [1.82, 2.24) is 10.2 Å². The normalized spacial score (nSPS) is 24.7. The summed E-state index contributed by atoms with van der Waals surface area (Å²) < 4.78 is 5.97. The van der Waals surface area contributed by atoms with Crippen LogP contribution in [0.2, 0.25) is 0 Å². The predicted molar refractivity (Wildman–Crippen MR) is 106 cm³/mol. The first-order valence-corrected chi connectivity index (χ1v) is 10.4. The first kappa shape index (κ1) is 17.8. The monoisotopic (exact) mass is 355 g/mol. The largest absolute Gasteiger partial charge is 0.376 e. The van der Waals surface area contributed by atoms with E-state index in [2.05, 4.69) is 47.5 Å². The number of nitrogens with zero attached hydrogens (tertiary/aromatic N) is 2. The van der Waals surface area contributed by atoms with Crippen molar-refractivity contribution >= 4 is 5.96 Å². The van der Waals surface area contributed by atoms with Gasteiger partial charge in [-0.2, -0.15) is 0 Å². The van der Waals surface area contributed by atoms with Crippen LogP contribution in [-0.2, 0) is 11.3 Å². The van der Waals surface area contributed by atoms with E-state index in [0.717, 1.165) is 51.3 Å². The highest BCUT2D eigenvalue weighted by atomic mass is 16.5. The second-order valence-electron chi connectivity index (χ2n) is 8.41. The average Bonchev–Trinajstić information content (AvgIpc) is 3.58. The Hall–Kier alpha value is -1.55. The van der Waals surface area contributed by atoms with Gasteiger partial charge in [-0.15, -0.1) is 0 Å². The molecule has 3 aliphatic rings. The highest BCUT2D eigenvalue weighted by molar-refractivity contribution is 5.80. The SMILES string of the molecule is CCNC(=NCC1(C2CC2)CC1)N1CCC(COCc2ccccc2)C1. The van der Waals surface area contributed by atoms with Gasteiger partial charge in [0.2, 0.25) is 0 Å².